The summed E-state index contributed by atoms with van der Waals surface area (Å²) in [5, 5.41) is 11.1. The van der Waals surface area contributed by atoms with E-state index in [0.29, 0.717) is 29.6 Å². The number of benzene rings is 1. The first-order valence-electron chi connectivity index (χ1n) is 10.4. The zero-order valence-corrected chi connectivity index (χ0v) is 17.9. The van der Waals surface area contributed by atoms with Crippen LogP contribution in [0.4, 0.5) is 13.2 Å². The average molecular weight is 463 g/mol. The second-order valence-electron chi connectivity index (χ2n) is 7.67. The highest BCUT2D eigenvalue weighted by molar-refractivity contribution is 6.07. The molecule has 4 rings (SSSR count). The molecule has 1 unspecified atom stereocenters. The molecule has 1 atom stereocenters. The van der Waals surface area contributed by atoms with E-state index in [1.165, 1.54) is 12.8 Å². The molecule has 0 radical (unpaired) electrons. The van der Waals surface area contributed by atoms with Crippen molar-refractivity contribution in [2.45, 2.75) is 31.5 Å². The number of alkyl halides is 3. The zero-order chi connectivity index (χ0) is 24.0. The largest absolute Gasteiger partial charge is 0.490 e. The number of para-hydroxylation sites is 1. The number of fused-ring (bicyclic) bond motifs is 1. The lowest BCUT2D eigenvalue weighted by molar-refractivity contribution is -0.192. The summed E-state index contributed by atoms with van der Waals surface area (Å²) in [5.74, 6) is -2.15. The van der Waals surface area contributed by atoms with Crippen LogP contribution in [0.2, 0.25) is 0 Å². The number of halogens is 3. The van der Waals surface area contributed by atoms with Gasteiger partial charge in [-0.25, -0.2) is 9.78 Å². The van der Waals surface area contributed by atoms with E-state index in [9.17, 15) is 18.0 Å². The Morgan fingerprint density at radius 3 is 2.58 bits per heavy atom. The number of amides is 1. The van der Waals surface area contributed by atoms with Crippen LogP contribution in [0.15, 0.2) is 53.1 Å². The van der Waals surface area contributed by atoms with Crippen LogP contribution in [-0.4, -0.2) is 59.2 Å². The van der Waals surface area contributed by atoms with Crippen molar-refractivity contribution in [3.8, 4) is 11.5 Å². The molecule has 176 valence electrons. The van der Waals surface area contributed by atoms with E-state index >= 15 is 0 Å². The van der Waals surface area contributed by atoms with Gasteiger partial charge in [-0.05, 0) is 57.1 Å². The molecule has 1 amide bonds. The Morgan fingerprint density at radius 2 is 1.97 bits per heavy atom. The molecule has 10 heteroatoms. The lowest BCUT2D eigenvalue weighted by atomic mass is 10.1. The molecule has 0 spiro atoms. The number of aromatic nitrogens is 1. The highest BCUT2D eigenvalue weighted by atomic mass is 19.4. The fraction of sp³-hybridized carbons (Fsp3) is 0.348. The minimum absolute atomic E-state index is 0.0583. The van der Waals surface area contributed by atoms with Crippen LogP contribution in [0.3, 0.4) is 0 Å². The van der Waals surface area contributed by atoms with Gasteiger partial charge in [-0.2, -0.15) is 13.2 Å². The van der Waals surface area contributed by atoms with Crippen LogP contribution in [0.25, 0.3) is 22.4 Å². The number of aliphatic carboxylic acids is 1. The molecular weight excluding hydrogens is 439 g/mol. The quantitative estimate of drug-likeness (QED) is 0.585. The fourth-order valence-corrected chi connectivity index (χ4v) is 3.71. The Labute approximate surface area is 188 Å². The minimum atomic E-state index is -5.08. The summed E-state index contributed by atoms with van der Waals surface area (Å²) in [5.41, 5.74) is 2.11. The SMILES string of the molecule is CN1CCCC1CCNC(=O)c1cc(-c2ccco2)nc2ccccc12.O=C(O)C(F)(F)F. The third-order valence-electron chi connectivity index (χ3n) is 5.41. The van der Waals surface area contributed by atoms with Crippen molar-refractivity contribution in [2.24, 2.45) is 0 Å². The number of hydrogen-bond acceptors (Lipinski definition) is 5. The first kappa shape index (κ1) is 24.2. The van der Waals surface area contributed by atoms with E-state index in [4.69, 9.17) is 14.3 Å². The van der Waals surface area contributed by atoms with Gasteiger partial charge in [0.25, 0.3) is 5.91 Å². The first-order valence-corrected chi connectivity index (χ1v) is 10.4. The van der Waals surface area contributed by atoms with Gasteiger partial charge in [-0.3, -0.25) is 4.79 Å². The van der Waals surface area contributed by atoms with Crippen molar-refractivity contribution in [2.75, 3.05) is 20.1 Å². The van der Waals surface area contributed by atoms with E-state index in [1.54, 1.807) is 6.26 Å². The van der Waals surface area contributed by atoms with E-state index < -0.39 is 12.1 Å². The van der Waals surface area contributed by atoms with Gasteiger partial charge in [-0.1, -0.05) is 18.2 Å². The maximum absolute atomic E-state index is 12.9. The standard InChI is InChI=1S/C21H23N3O2.C2HF3O2/c1-24-12-4-6-15(24)10-11-22-21(25)17-14-19(20-9-5-13-26-20)23-18-8-3-2-7-16(17)18;3-2(4,5)1(6)7/h2-3,5,7-9,13-15H,4,6,10-12H2,1H3,(H,22,25);(H,6,7). The Hall–Kier alpha value is -3.40. The second kappa shape index (κ2) is 10.5. The monoisotopic (exact) mass is 463 g/mol. The Bertz CT molecular complexity index is 1100. The minimum Gasteiger partial charge on any atom is -0.475 e. The van der Waals surface area contributed by atoms with Gasteiger partial charge in [-0.15, -0.1) is 0 Å². The number of rotatable bonds is 5. The molecule has 33 heavy (non-hydrogen) atoms. The van der Waals surface area contributed by atoms with Crippen LogP contribution in [0.1, 0.15) is 29.6 Å². The maximum Gasteiger partial charge on any atom is 0.490 e. The molecule has 3 heterocycles. The normalized spacial score (nSPS) is 16.3. The smallest absolute Gasteiger partial charge is 0.475 e. The molecule has 0 saturated carbocycles. The zero-order valence-electron chi connectivity index (χ0n) is 17.9. The van der Waals surface area contributed by atoms with Crippen LogP contribution < -0.4 is 5.32 Å². The van der Waals surface area contributed by atoms with Crippen molar-refractivity contribution < 1.29 is 32.3 Å². The van der Waals surface area contributed by atoms with E-state index in [0.717, 1.165) is 23.9 Å². The highest BCUT2D eigenvalue weighted by Crippen LogP contribution is 2.25. The van der Waals surface area contributed by atoms with Crippen LogP contribution in [0.5, 0.6) is 0 Å². The number of carboxylic acid groups (broad SMARTS) is 1. The molecule has 1 aliphatic rings. The van der Waals surface area contributed by atoms with Crippen LogP contribution >= 0.6 is 0 Å². The van der Waals surface area contributed by atoms with Crippen LogP contribution in [-0.2, 0) is 4.79 Å². The topological polar surface area (TPSA) is 95.7 Å². The number of pyridine rings is 1. The van der Waals surface area contributed by atoms with Crippen molar-refractivity contribution >= 4 is 22.8 Å². The molecule has 3 aromatic rings. The van der Waals surface area contributed by atoms with Gasteiger partial charge >= 0.3 is 12.1 Å². The number of nitrogens with one attached hydrogen (secondary N) is 1. The van der Waals surface area contributed by atoms with Gasteiger partial charge in [0.1, 0.15) is 5.69 Å². The van der Waals surface area contributed by atoms with Crippen molar-refractivity contribution in [3.63, 3.8) is 0 Å². The summed E-state index contributed by atoms with van der Waals surface area (Å²) < 4.78 is 37.2. The van der Waals surface area contributed by atoms with Gasteiger partial charge in [0.2, 0.25) is 0 Å². The van der Waals surface area contributed by atoms with E-state index in [1.807, 2.05) is 42.5 Å². The number of nitrogens with zero attached hydrogens (tertiary/aromatic N) is 2. The summed E-state index contributed by atoms with van der Waals surface area (Å²) in [6.07, 6.45) is -0.0237. The summed E-state index contributed by atoms with van der Waals surface area (Å²) >= 11 is 0. The van der Waals surface area contributed by atoms with Crippen molar-refractivity contribution in [3.05, 3.63) is 54.3 Å². The number of carboxylic acids is 1. The number of hydrogen-bond donors (Lipinski definition) is 2. The molecular formula is C23H24F3N3O4. The molecule has 2 N–H and O–H groups in total. The van der Waals surface area contributed by atoms with Gasteiger partial charge in [0, 0.05) is 18.0 Å². The number of furan rings is 1. The third kappa shape index (κ3) is 6.32. The van der Waals surface area contributed by atoms with Gasteiger partial charge in [0.05, 0.1) is 17.3 Å². The number of carbonyl (C=O) groups is 2. The Morgan fingerprint density at radius 1 is 1.24 bits per heavy atom. The van der Waals surface area contributed by atoms with Gasteiger partial charge < -0.3 is 19.7 Å². The highest BCUT2D eigenvalue weighted by Gasteiger charge is 2.38. The molecule has 2 aromatic heterocycles. The van der Waals surface area contributed by atoms with Gasteiger partial charge in [0.15, 0.2) is 5.76 Å². The number of carbonyl (C=O) groups excluding carboxylic acids is 1. The lowest BCUT2D eigenvalue weighted by Gasteiger charge is -2.19. The average Bonchev–Trinajstić information content (AvgIpc) is 3.45. The summed E-state index contributed by atoms with van der Waals surface area (Å²) in [6.45, 7) is 1.83. The molecule has 1 saturated heterocycles. The summed E-state index contributed by atoms with van der Waals surface area (Å²) in [4.78, 5) is 28.8. The third-order valence-corrected chi connectivity index (χ3v) is 5.41. The Kier molecular flexibility index (Phi) is 7.70. The lowest BCUT2D eigenvalue weighted by Crippen LogP contribution is -2.31. The summed E-state index contributed by atoms with van der Waals surface area (Å²) in [7, 11) is 2.16. The number of likely N-dealkylation sites (tertiary alicyclic amines) is 1. The predicted octanol–water partition coefficient (Wildman–Crippen LogP) is 4.34. The first-order chi connectivity index (χ1) is 15.7. The maximum atomic E-state index is 12.9. The predicted molar refractivity (Wildman–Crippen MR) is 116 cm³/mol. The van der Waals surface area contributed by atoms with Crippen LogP contribution in [0, 0.1) is 0 Å². The van der Waals surface area contributed by atoms with E-state index in [-0.39, 0.29) is 5.91 Å². The Balaban J connectivity index is 0.000000383. The molecule has 0 bridgehead atoms. The molecule has 0 aliphatic carbocycles. The molecule has 1 aromatic carbocycles. The van der Waals surface area contributed by atoms with Crippen molar-refractivity contribution in [1.29, 1.82) is 0 Å². The molecule has 7 nitrogen and oxygen atoms in total. The summed E-state index contributed by atoms with van der Waals surface area (Å²) in [6, 6.07) is 13.8. The molecule has 1 aliphatic heterocycles. The van der Waals surface area contributed by atoms with Crippen molar-refractivity contribution in [1.82, 2.24) is 15.2 Å². The van der Waals surface area contributed by atoms with E-state index in [2.05, 4.69) is 22.2 Å². The molecule has 1 fully saturated rings. The fourth-order valence-electron chi connectivity index (χ4n) is 3.71. The second-order valence-corrected chi connectivity index (χ2v) is 7.67.